The Morgan fingerprint density at radius 2 is 1.87 bits per heavy atom. The summed E-state index contributed by atoms with van der Waals surface area (Å²) in [5.41, 5.74) is 1.93. The number of rotatable bonds is 5. The lowest BCUT2D eigenvalue weighted by Crippen LogP contribution is -2.39. The Morgan fingerprint density at radius 1 is 1.10 bits per heavy atom. The standard InChI is InChI=1S/C23H28N6O2/c1-16-10-11-18(26-22-9-5-7-20(27-22)17(2)30)12-15-28(16)23(31)19-6-3-4-8-21(19)29-24-13-14-25-29/h3-9,13-14,16-18,30H,10-12,15H2,1-2H3,(H,26,27)/t16-,17?,18-/m1/s1. The number of hydrogen-bond acceptors (Lipinski definition) is 6. The molecule has 0 spiro atoms. The van der Waals surface area contributed by atoms with Crippen LogP contribution >= 0.6 is 0 Å². The molecule has 8 heteroatoms. The molecule has 1 saturated heterocycles. The molecule has 1 fully saturated rings. The maximum absolute atomic E-state index is 13.5. The summed E-state index contributed by atoms with van der Waals surface area (Å²) in [6.45, 7) is 4.45. The van der Waals surface area contributed by atoms with Crippen LogP contribution in [-0.4, -0.2) is 54.5 Å². The Hall–Kier alpha value is -3.26. The molecule has 1 aliphatic rings. The van der Waals surface area contributed by atoms with Crippen molar-refractivity contribution in [2.24, 2.45) is 0 Å². The molecule has 8 nitrogen and oxygen atoms in total. The first-order valence-corrected chi connectivity index (χ1v) is 10.7. The maximum Gasteiger partial charge on any atom is 0.256 e. The van der Waals surface area contributed by atoms with Gasteiger partial charge in [-0.15, -0.1) is 0 Å². The highest BCUT2D eigenvalue weighted by Gasteiger charge is 2.28. The van der Waals surface area contributed by atoms with Crippen molar-refractivity contribution in [3.63, 3.8) is 0 Å². The number of aliphatic hydroxyl groups is 1. The topological polar surface area (TPSA) is 96.2 Å². The fourth-order valence-corrected chi connectivity index (χ4v) is 4.00. The molecular formula is C23H28N6O2. The normalized spacial score (nSPS) is 20.2. The highest BCUT2D eigenvalue weighted by atomic mass is 16.3. The SMILES string of the molecule is CC(O)c1cccc(N[C@@H]2CC[C@@H](C)N(C(=O)c3ccccc3-n3nccn3)CC2)n1. The van der Waals surface area contributed by atoms with E-state index in [1.165, 1.54) is 4.80 Å². The minimum Gasteiger partial charge on any atom is -0.387 e. The van der Waals surface area contributed by atoms with Crippen molar-refractivity contribution in [2.45, 2.75) is 51.3 Å². The summed E-state index contributed by atoms with van der Waals surface area (Å²) in [5.74, 6) is 0.751. The summed E-state index contributed by atoms with van der Waals surface area (Å²) in [6.07, 6.45) is 5.25. The van der Waals surface area contributed by atoms with Gasteiger partial charge in [0.25, 0.3) is 5.91 Å². The van der Waals surface area contributed by atoms with Crippen LogP contribution in [0.15, 0.2) is 54.9 Å². The zero-order chi connectivity index (χ0) is 21.8. The number of likely N-dealkylation sites (tertiary alicyclic amines) is 1. The molecule has 1 aromatic carbocycles. The van der Waals surface area contributed by atoms with Crippen LogP contribution in [0.2, 0.25) is 0 Å². The van der Waals surface area contributed by atoms with Crippen LogP contribution in [0.1, 0.15) is 55.3 Å². The molecule has 0 aliphatic carbocycles. The van der Waals surface area contributed by atoms with Gasteiger partial charge in [-0.2, -0.15) is 15.0 Å². The summed E-state index contributed by atoms with van der Waals surface area (Å²) in [6, 6.07) is 13.4. The van der Waals surface area contributed by atoms with E-state index in [9.17, 15) is 9.90 Å². The van der Waals surface area contributed by atoms with Crippen LogP contribution in [0.25, 0.3) is 5.69 Å². The Morgan fingerprint density at radius 3 is 2.65 bits per heavy atom. The van der Waals surface area contributed by atoms with Gasteiger partial charge in [-0.05, 0) is 57.4 Å². The van der Waals surface area contributed by atoms with E-state index in [4.69, 9.17) is 0 Å². The van der Waals surface area contributed by atoms with Gasteiger partial charge in [-0.3, -0.25) is 4.79 Å². The van der Waals surface area contributed by atoms with E-state index in [0.29, 0.717) is 23.5 Å². The molecule has 0 saturated carbocycles. The average Bonchev–Trinajstić information content (AvgIpc) is 3.26. The minimum atomic E-state index is -0.603. The second kappa shape index (κ2) is 9.26. The average molecular weight is 421 g/mol. The number of anilines is 1. The molecular weight excluding hydrogens is 392 g/mol. The quantitative estimate of drug-likeness (QED) is 0.658. The third-order valence-electron chi connectivity index (χ3n) is 5.76. The van der Waals surface area contributed by atoms with Gasteiger partial charge in [0, 0.05) is 18.6 Å². The van der Waals surface area contributed by atoms with E-state index < -0.39 is 6.10 Å². The second-order valence-electron chi connectivity index (χ2n) is 8.01. The first kappa shape index (κ1) is 21.0. The Kier molecular flexibility index (Phi) is 6.27. The van der Waals surface area contributed by atoms with Crippen LogP contribution in [0, 0.1) is 0 Å². The number of aromatic nitrogens is 4. The molecule has 2 aromatic heterocycles. The lowest BCUT2D eigenvalue weighted by molar-refractivity contribution is 0.0697. The van der Waals surface area contributed by atoms with E-state index in [1.807, 2.05) is 47.4 Å². The zero-order valence-electron chi connectivity index (χ0n) is 17.8. The summed E-state index contributed by atoms with van der Waals surface area (Å²) >= 11 is 0. The number of amides is 1. The molecule has 3 heterocycles. The number of nitrogens with zero attached hydrogens (tertiary/aromatic N) is 5. The van der Waals surface area contributed by atoms with Gasteiger partial charge in [-0.25, -0.2) is 4.98 Å². The van der Waals surface area contributed by atoms with Gasteiger partial charge >= 0.3 is 0 Å². The van der Waals surface area contributed by atoms with Crippen LogP contribution < -0.4 is 5.32 Å². The van der Waals surface area contributed by atoms with E-state index in [1.54, 1.807) is 19.3 Å². The second-order valence-corrected chi connectivity index (χ2v) is 8.01. The third-order valence-corrected chi connectivity index (χ3v) is 5.76. The smallest absolute Gasteiger partial charge is 0.256 e. The van der Waals surface area contributed by atoms with Crippen molar-refractivity contribution in [1.29, 1.82) is 0 Å². The number of pyridine rings is 1. The van der Waals surface area contributed by atoms with Crippen molar-refractivity contribution >= 4 is 11.7 Å². The molecule has 0 bridgehead atoms. The molecule has 0 radical (unpaired) electrons. The predicted molar refractivity (Wildman–Crippen MR) is 118 cm³/mol. The maximum atomic E-state index is 13.5. The summed E-state index contributed by atoms with van der Waals surface area (Å²) in [5, 5.41) is 21.7. The third kappa shape index (κ3) is 4.74. The number of hydrogen-bond donors (Lipinski definition) is 2. The van der Waals surface area contributed by atoms with Crippen LogP contribution in [0.4, 0.5) is 5.82 Å². The molecule has 2 N–H and O–H groups in total. The number of carbonyl (C=O) groups is 1. The van der Waals surface area contributed by atoms with Gasteiger partial charge < -0.3 is 15.3 Å². The van der Waals surface area contributed by atoms with E-state index in [-0.39, 0.29) is 18.0 Å². The summed E-state index contributed by atoms with van der Waals surface area (Å²) in [7, 11) is 0. The number of benzene rings is 1. The highest BCUT2D eigenvalue weighted by Crippen LogP contribution is 2.24. The fourth-order valence-electron chi connectivity index (χ4n) is 4.00. The zero-order valence-corrected chi connectivity index (χ0v) is 17.8. The van der Waals surface area contributed by atoms with Gasteiger partial charge in [0.05, 0.1) is 35.4 Å². The number of nitrogens with one attached hydrogen (secondary N) is 1. The Balaban J connectivity index is 1.48. The molecule has 3 atom stereocenters. The van der Waals surface area contributed by atoms with Gasteiger partial charge in [0.15, 0.2) is 0 Å². The predicted octanol–water partition coefficient (Wildman–Crippen LogP) is 3.21. The Labute approximate surface area is 181 Å². The summed E-state index contributed by atoms with van der Waals surface area (Å²) < 4.78 is 0. The summed E-state index contributed by atoms with van der Waals surface area (Å²) in [4.78, 5) is 21.4. The van der Waals surface area contributed by atoms with Crippen molar-refractivity contribution < 1.29 is 9.90 Å². The molecule has 1 unspecified atom stereocenters. The molecule has 4 rings (SSSR count). The minimum absolute atomic E-state index is 0.00437. The van der Waals surface area contributed by atoms with Gasteiger partial charge in [0.1, 0.15) is 5.82 Å². The van der Waals surface area contributed by atoms with Crippen molar-refractivity contribution in [1.82, 2.24) is 24.9 Å². The lowest BCUT2D eigenvalue weighted by Gasteiger charge is -2.27. The first-order chi connectivity index (χ1) is 15.0. The lowest BCUT2D eigenvalue weighted by atomic mass is 10.1. The van der Waals surface area contributed by atoms with E-state index >= 15 is 0 Å². The largest absolute Gasteiger partial charge is 0.387 e. The van der Waals surface area contributed by atoms with Crippen molar-refractivity contribution in [2.75, 3.05) is 11.9 Å². The number of carbonyl (C=O) groups excluding carboxylic acids is 1. The van der Waals surface area contributed by atoms with E-state index in [2.05, 4.69) is 27.4 Å². The molecule has 31 heavy (non-hydrogen) atoms. The molecule has 1 amide bonds. The monoisotopic (exact) mass is 420 g/mol. The molecule has 162 valence electrons. The number of aliphatic hydroxyl groups excluding tert-OH is 1. The van der Waals surface area contributed by atoms with Crippen molar-refractivity contribution in [3.8, 4) is 5.69 Å². The number of para-hydroxylation sites is 1. The van der Waals surface area contributed by atoms with Crippen LogP contribution in [0.3, 0.4) is 0 Å². The molecule has 3 aromatic rings. The van der Waals surface area contributed by atoms with Gasteiger partial charge in [0.2, 0.25) is 0 Å². The first-order valence-electron chi connectivity index (χ1n) is 10.7. The van der Waals surface area contributed by atoms with Gasteiger partial charge in [-0.1, -0.05) is 18.2 Å². The van der Waals surface area contributed by atoms with E-state index in [0.717, 1.165) is 25.1 Å². The Bertz CT molecular complexity index is 1020. The molecule has 1 aliphatic heterocycles. The fraction of sp³-hybridized carbons (Fsp3) is 0.391. The van der Waals surface area contributed by atoms with Crippen LogP contribution in [-0.2, 0) is 0 Å². The van der Waals surface area contributed by atoms with Crippen molar-refractivity contribution in [3.05, 3.63) is 66.1 Å². The van der Waals surface area contributed by atoms with Crippen LogP contribution in [0.5, 0.6) is 0 Å². The highest BCUT2D eigenvalue weighted by molar-refractivity contribution is 5.97.